The highest BCUT2D eigenvalue weighted by atomic mass is 35.5. The molecule has 1 aliphatic heterocycles. The molecule has 1 fully saturated rings. The Bertz CT molecular complexity index is 716. The van der Waals surface area contributed by atoms with Crippen LogP contribution in [0.1, 0.15) is 54.4 Å². The van der Waals surface area contributed by atoms with Crippen molar-refractivity contribution in [3.8, 4) is 5.75 Å². The molecule has 0 bridgehead atoms. The van der Waals surface area contributed by atoms with Crippen LogP contribution in [0.25, 0.3) is 0 Å². The molecule has 28 heavy (non-hydrogen) atoms. The maximum absolute atomic E-state index is 13.9. The van der Waals surface area contributed by atoms with Gasteiger partial charge >= 0.3 is 7.12 Å². The summed E-state index contributed by atoms with van der Waals surface area (Å²) < 4.78 is 43.3. The second-order valence-electron chi connectivity index (χ2n) is 8.86. The third kappa shape index (κ3) is 5.48. The van der Waals surface area contributed by atoms with Crippen LogP contribution in [0.4, 0.5) is 4.39 Å². The van der Waals surface area contributed by atoms with E-state index in [1.807, 2.05) is 41.5 Å². The molecule has 0 spiro atoms. The first-order chi connectivity index (χ1) is 12.7. The Labute approximate surface area is 175 Å². The summed E-state index contributed by atoms with van der Waals surface area (Å²) in [5, 5.41) is 5.99. The van der Waals surface area contributed by atoms with Gasteiger partial charge in [-0.2, -0.15) is 0 Å². The first-order valence-electron chi connectivity index (χ1n) is 9.35. The van der Waals surface area contributed by atoms with E-state index >= 15 is 0 Å². The second kappa shape index (κ2) is 8.60. The van der Waals surface area contributed by atoms with E-state index in [9.17, 15) is 8.60 Å². The largest absolute Gasteiger partial charge is 0.491 e. The minimum Gasteiger partial charge on any atom is -0.491 e. The van der Waals surface area contributed by atoms with Crippen molar-refractivity contribution in [1.82, 2.24) is 0 Å². The minimum absolute atomic E-state index is 0.126. The fourth-order valence-electron chi connectivity index (χ4n) is 3.04. The van der Waals surface area contributed by atoms with Crippen LogP contribution in [0.5, 0.6) is 5.75 Å². The zero-order valence-electron chi connectivity index (χ0n) is 17.4. The SMILES string of the molecule is CC(C)(C[C@@H](CCOc1ccc(Cl)cc1F)B1OC(C)(C)C(C)(C)O1)S(N)=O. The lowest BCUT2D eigenvalue weighted by Crippen LogP contribution is -2.41. The normalized spacial score (nSPS) is 20.8. The van der Waals surface area contributed by atoms with Crippen molar-refractivity contribution < 1.29 is 22.6 Å². The number of nitrogens with two attached hydrogens (primary N) is 1. The molecule has 9 heteroatoms. The number of halogens is 2. The van der Waals surface area contributed by atoms with Crippen LogP contribution in [-0.2, 0) is 20.3 Å². The van der Waals surface area contributed by atoms with Gasteiger partial charge < -0.3 is 14.0 Å². The molecule has 5 nitrogen and oxygen atoms in total. The van der Waals surface area contributed by atoms with Crippen molar-refractivity contribution in [2.24, 2.45) is 5.14 Å². The first-order valence-corrected chi connectivity index (χ1v) is 10.9. The van der Waals surface area contributed by atoms with Crippen LogP contribution < -0.4 is 9.88 Å². The van der Waals surface area contributed by atoms with E-state index in [0.717, 1.165) is 0 Å². The topological polar surface area (TPSA) is 70.8 Å². The maximum Gasteiger partial charge on any atom is 0.461 e. The predicted octanol–water partition coefficient (Wildman–Crippen LogP) is 4.50. The summed E-state index contributed by atoms with van der Waals surface area (Å²) in [7, 11) is -2.00. The van der Waals surface area contributed by atoms with Gasteiger partial charge in [0.2, 0.25) is 0 Å². The van der Waals surface area contributed by atoms with Crippen molar-refractivity contribution >= 4 is 29.7 Å². The Morgan fingerprint density at radius 2 is 1.86 bits per heavy atom. The molecule has 2 N–H and O–H groups in total. The molecule has 1 saturated heterocycles. The van der Waals surface area contributed by atoms with Gasteiger partial charge in [-0.25, -0.2) is 8.60 Å². The Balaban J connectivity index is 2.11. The zero-order valence-corrected chi connectivity index (χ0v) is 19.0. The lowest BCUT2D eigenvalue weighted by molar-refractivity contribution is 0.00578. The Morgan fingerprint density at radius 3 is 2.36 bits per heavy atom. The molecule has 158 valence electrons. The van der Waals surface area contributed by atoms with E-state index in [0.29, 0.717) is 17.9 Å². The van der Waals surface area contributed by atoms with Crippen molar-refractivity contribution in [1.29, 1.82) is 0 Å². The summed E-state index contributed by atoms with van der Waals surface area (Å²) in [5.74, 6) is -0.499. The smallest absolute Gasteiger partial charge is 0.461 e. The Kier molecular flexibility index (Phi) is 7.25. The fourth-order valence-corrected chi connectivity index (χ4v) is 3.58. The van der Waals surface area contributed by atoms with E-state index in [1.54, 1.807) is 6.07 Å². The predicted molar refractivity (Wildman–Crippen MR) is 112 cm³/mol. The summed E-state index contributed by atoms with van der Waals surface area (Å²) in [4.78, 5) is 0. The van der Waals surface area contributed by atoms with Crippen molar-refractivity contribution in [2.75, 3.05) is 6.61 Å². The van der Waals surface area contributed by atoms with E-state index in [4.69, 9.17) is 30.8 Å². The van der Waals surface area contributed by atoms with Gasteiger partial charge in [0.1, 0.15) is 0 Å². The maximum atomic E-state index is 13.9. The summed E-state index contributed by atoms with van der Waals surface area (Å²) in [6.07, 6.45) is 1.04. The van der Waals surface area contributed by atoms with Crippen LogP contribution in [0.3, 0.4) is 0 Å². The summed E-state index contributed by atoms with van der Waals surface area (Å²) in [6, 6.07) is 4.29. The van der Waals surface area contributed by atoms with Crippen LogP contribution in [0.2, 0.25) is 10.8 Å². The highest BCUT2D eigenvalue weighted by molar-refractivity contribution is 7.84. The zero-order chi connectivity index (χ0) is 21.3. The van der Waals surface area contributed by atoms with Gasteiger partial charge in [0.25, 0.3) is 0 Å². The lowest BCUT2D eigenvalue weighted by Gasteiger charge is -2.32. The molecule has 0 amide bonds. The van der Waals surface area contributed by atoms with E-state index in [1.165, 1.54) is 12.1 Å². The molecule has 0 aromatic heterocycles. The molecule has 0 radical (unpaired) electrons. The molecule has 1 aromatic carbocycles. The quantitative estimate of drug-likeness (QED) is 0.613. The lowest BCUT2D eigenvalue weighted by atomic mass is 9.66. The highest BCUT2D eigenvalue weighted by Gasteiger charge is 2.54. The standard InChI is InChI=1S/C19H30BClFNO4S/c1-17(2,28(23)24)12-13(20-26-18(3,4)19(5,6)27-20)9-10-25-16-8-7-14(21)11-15(16)22/h7-8,11,13H,9-10,12,23H2,1-6H3/t13-,28?/m1/s1. The fraction of sp³-hybridized carbons (Fsp3) is 0.684. The molecule has 0 saturated carbocycles. The van der Waals surface area contributed by atoms with Gasteiger partial charge in [-0.15, -0.1) is 0 Å². The van der Waals surface area contributed by atoms with Gasteiger partial charge in [-0.05, 0) is 78.4 Å². The van der Waals surface area contributed by atoms with Gasteiger partial charge in [-0.3, -0.25) is 5.14 Å². The van der Waals surface area contributed by atoms with E-state index in [-0.39, 0.29) is 18.2 Å². The van der Waals surface area contributed by atoms with Crippen LogP contribution >= 0.6 is 11.6 Å². The van der Waals surface area contributed by atoms with Crippen LogP contribution in [0, 0.1) is 5.82 Å². The number of hydrogen-bond acceptors (Lipinski definition) is 4. The number of hydrogen-bond donors (Lipinski definition) is 1. The molecular formula is C19H30BClFNO4S. The number of ether oxygens (including phenoxy) is 1. The first kappa shape index (κ1) is 23.6. The molecular weight excluding hydrogens is 404 g/mol. The monoisotopic (exact) mass is 433 g/mol. The van der Waals surface area contributed by atoms with Crippen molar-refractivity contribution in [2.45, 2.75) is 76.2 Å². The van der Waals surface area contributed by atoms with E-state index < -0.39 is 39.9 Å². The molecule has 1 aliphatic rings. The number of rotatable bonds is 8. The van der Waals surface area contributed by atoms with Crippen molar-refractivity contribution in [3.63, 3.8) is 0 Å². The van der Waals surface area contributed by atoms with Gasteiger partial charge in [-0.1, -0.05) is 11.6 Å². The molecule has 2 atom stereocenters. The molecule has 1 heterocycles. The number of benzene rings is 1. The summed E-state index contributed by atoms with van der Waals surface area (Å²) in [6.45, 7) is 11.9. The third-order valence-electron chi connectivity index (χ3n) is 5.59. The molecule has 1 unspecified atom stereocenters. The summed E-state index contributed by atoms with van der Waals surface area (Å²) >= 11 is 5.77. The second-order valence-corrected chi connectivity index (χ2v) is 11.0. The van der Waals surface area contributed by atoms with Crippen molar-refractivity contribution in [3.05, 3.63) is 29.0 Å². The van der Waals surface area contributed by atoms with Crippen LogP contribution in [0.15, 0.2) is 18.2 Å². The average molecular weight is 434 g/mol. The Hall–Kier alpha value is -0.665. The van der Waals surface area contributed by atoms with Crippen LogP contribution in [-0.4, -0.2) is 33.9 Å². The molecule has 2 rings (SSSR count). The molecule has 0 aliphatic carbocycles. The van der Waals surface area contributed by atoms with Gasteiger partial charge in [0, 0.05) is 5.02 Å². The van der Waals surface area contributed by atoms with Gasteiger partial charge in [0.05, 0.1) is 33.5 Å². The Morgan fingerprint density at radius 1 is 1.29 bits per heavy atom. The van der Waals surface area contributed by atoms with Gasteiger partial charge in [0.15, 0.2) is 11.6 Å². The highest BCUT2D eigenvalue weighted by Crippen LogP contribution is 2.43. The average Bonchev–Trinajstić information content (AvgIpc) is 2.76. The summed E-state index contributed by atoms with van der Waals surface area (Å²) in [5.41, 5.74) is -0.962. The third-order valence-corrected chi connectivity index (χ3v) is 7.09. The molecule has 1 aromatic rings. The minimum atomic E-state index is -1.51. The van der Waals surface area contributed by atoms with E-state index in [2.05, 4.69) is 0 Å².